The summed E-state index contributed by atoms with van der Waals surface area (Å²) in [6, 6.07) is 22.2. The lowest BCUT2D eigenvalue weighted by Gasteiger charge is -2.48. The highest BCUT2D eigenvalue weighted by molar-refractivity contribution is 7.91. The lowest BCUT2D eigenvalue weighted by molar-refractivity contribution is -0.120. The number of nitriles is 1. The van der Waals surface area contributed by atoms with E-state index in [2.05, 4.69) is 33.1 Å². The van der Waals surface area contributed by atoms with E-state index in [0.29, 0.717) is 11.6 Å². The minimum absolute atomic E-state index is 0.0472. The monoisotopic (exact) mass is 697 g/mol. The number of carbonyl (C=O) groups excluding carboxylic acids is 2. The maximum Gasteiger partial charge on any atom is 0.247 e. The topological polar surface area (TPSA) is 123 Å². The van der Waals surface area contributed by atoms with Crippen molar-refractivity contribution in [1.29, 1.82) is 5.26 Å². The van der Waals surface area contributed by atoms with Gasteiger partial charge in [-0.05, 0) is 111 Å². The van der Waals surface area contributed by atoms with Gasteiger partial charge in [-0.3, -0.25) is 9.59 Å². The third-order valence-corrected chi connectivity index (χ3v) is 12.6. The molecule has 9 nitrogen and oxygen atoms in total. The van der Waals surface area contributed by atoms with Crippen molar-refractivity contribution in [2.24, 2.45) is 17.8 Å². The number of hydrogen-bond donors (Lipinski definition) is 2. The van der Waals surface area contributed by atoms with Gasteiger partial charge in [-0.25, -0.2) is 12.8 Å². The third-order valence-electron chi connectivity index (χ3n) is 10.8. The number of sulfone groups is 1. The molecule has 0 bridgehead atoms. The summed E-state index contributed by atoms with van der Waals surface area (Å²) in [4.78, 5) is 28.7. The molecule has 11 heteroatoms. The number of nitrogens with zero attached hydrogens (tertiary/aromatic N) is 3. The summed E-state index contributed by atoms with van der Waals surface area (Å²) in [5.74, 6) is -0.429. The predicted octanol–water partition coefficient (Wildman–Crippen LogP) is 5.70. The fourth-order valence-electron chi connectivity index (χ4n) is 8.41. The fourth-order valence-corrected chi connectivity index (χ4v) is 9.72. The van der Waals surface area contributed by atoms with Crippen molar-refractivity contribution in [2.75, 3.05) is 42.9 Å². The molecule has 3 aliphatic rings. The maximum absolute atomic E-state index is 14.6. The molecule has 2 aliphatic heterocycles. The van der Waals surface area contributed by atoms with Crippen LogP contribution in [0.4, 0.5) is 15.8 Å². The Morgan fingerprint density at radius 2 is 1.72 bits per heavy atom. The van der Waals surface area contributed by atoms with E-state index < -0.39 is 21.2 Å². The Hall–Kier alpha value is -4.53. The second kappa shape index (κ2) is 14.8. The van der Waals surface area contributed by atoms with Crippen LogP contribution in [0.25, 0.3) is 0 Å². The summed E-state index contributed by atoms with van der Waals surface area (Å²) < 4.78 is 41.2. The first-order valence-electron chi connectivity index (χ1n) is 17.3. The molecule has 2 N–H and O–H groups in total. The molecule has 1 aliphatic carbocycles. The van der Waals surface area contributed by atoms with E-state index in [1.54, 1.807) is 30.3 Å². The van der Waals surface area contributed by atoms with E-state index in [4.69, 9.17) is 0 Å². The molecular weight excluding hydrogens is 654 g/mol. The minimum Gasteiger partial charge on any atom is -0.371 e. The van der Waals surface area contributed by atoms with Crippen molar-refractivity contribution in [1.82, 2.24) is 10.2 Å². The molecule has 3 aromatic rings. The molecule has 2 saturated heterocycles. The highest BCUT2D eigenvalue weighted by Crippen LogP contribution is 2.50. The number of amides is 2. The van der Waals surface area contributed by atoms with Gasteiger partial charge in [0.15, 0.2) is 0 Å². The van der Waals surface area contributed by atoms with Gasteiger partial charge in [0.1, 0.15) is 5.82 Å². The highest BCUT2D eigenvalue weighted by atomic mass is 32.2. The largest absolute Gasteiger partial charge is 0.371 e. The van der Waals surface area contributed by atoms with E-state index in [1.165, 1.54) is 31.2 Å². The van der Waals surface area contributed by atoms with Crippen molar-refractivity contribution in [2.45, 2.75) is 60.3 Å². The molecule has 0 aromatic heterocycles. The third kappa shape index (κ3) is 7.18. The van der Waals surface area contributed by atoms with Gasteiger partial charge in [-0.2, -0.15) is 5.26 Å². The number of anilines is 2. The molecule has 2 heterocycles. The van der Waals surface area contributed by atoms with Gasteiger partial charge in [0.05, 0.1) is 21.3 Å². The average molecular weight is 698 g/mol. The standard InChI is InChI=1S/C39H44FN5O4S/c1-3-38(47)43-32-9-5-10-35(22-32)50(48,49)34-15-13-33(14-16-34)45-24-28(25-45)23-44-19-17-29(18-20-44)39(26-41,30-7-4-8-31(40)21-30)36-11-6-12-37(36)42-27(2)46/h3-5,7-10,13-16,21-22,28-29,36-37H,1,6,11-12,17-20,23-25H2,2H3,(H,42,46)(H,43,47)/t36?,37-,39-/m0/s1. The first-order chi connectivity index (χ1) is 24.0. The van der Waals surface area contributed by atoms with E-state index in [1.807, 2.05) is 18.2 Å². The van der Waals surface area contributed by atoms with Gasteiger partial charge in [-0.15, -0.1) is 0 Å². The number of halogens is 1. The van der Waals surface area contributed by atoms with Crippen LogP contribution >= 0.6 is 0 Å². The molecule has 262 valence electrons. The van der Waals surface area contributed by atoms with Crippen molar-refractivity contribution < 1.29 is 22.4 Å². The van der Waals surface area contributed by atoms with E-state index in [-0.39, 0.29) is 39.4 Å². The Balaban J connectivity index is 1.06. The van der Waals surface area contributed by atoms with Crippen molar-refractivity contribution >= 4 is 33.0 Å². The van der Waals surface area contributed by atoms with Crippen LogP contribution in [0.3, 0.4) is 0 Å². The van der Waals surface area contributed by atoms with Gasteiger partial charge in [0, 0.05) is 55.8 Å². The zero-order valence-corrected chi connectivity index (χ0v) is 29.2. The average Bonchev–Trinajstić information content (AvgIpc) is 3.55. The molecule has 3 atom stereocenters. The van der Waals surface area contributed by atoms with Gasteiger partial charge in [0.2, 0.25) is 21.7 Å². The zero-order chi connectivity index (χ0) is 35.5. The second-order valence-corrected chi connectivity index (χ2v) is 15.8. The summed E-state index contributed by atoms with van der Waals surface area (Å²) in [5, 5.41) is 16.6. The van der Waals surface area contributed by atoms with E-state index in [9.17, 15) is 27.7 Å². The summed E-state index contributed by atoms with van der Waals surface area (Å²) in [5.41, 5.74) is 1.18. The second-order valence-electron chi connectivity index (χ2n) is 13.9. The molecule has 3 aromatic carbocycles. The zero-order valence-electron chi connectivity index (χ0n) is 28.4. The quantitative estimate of drug-likeness (QED) is 0.247. The van der Waals surface area contributed by atoms with Crippen molar-refractivity contribution in [3.05, 3.63) is 96.8 Å². The van der Waals surface area contributed by atoms with Crippen molar-refractivity contribution in [3.8, 4) is 6.07 Å². The molecule has 2 amide bonds. The summed E-state index contributed by atoms with van der Waals surface area (Å²) in [7, 11) is -3.78. The Kier molecular flexibility index (Phi) is 10.4. The lowest BCUT2D eigenvalue weighted by Crippen LogP contribution is -2.55. The smallest absolute Gasteiger partial charge is 0.247 e. The van der Waals surface area contributed by atoms with Crippen LogP contribution < -0.4 is 15.5 Å². The Bertz CT molecular complexity index is 1880. The van der Waals surface area contributed by atoms with Crippen LogP contribution in [0.15, 0.2) is 95.2 Å². The van der Waals surface area contributed by atoms with E-state index in [0.717, 1.165) is 82.2 Å². The first-order valence-corrected chi connectivity index (χ1v) is 18.8. The normalized spacial score (nSPS) is 21.4. The maximum atomic E-state index is 14.6. The van der Waals surface area contributed by atoms with Gasteiger partial charge in [0.25, 0.3) is 0 Å². The number of likely N-dealkylation sites (tertiary alicyclic amines) is 1. The van der Waals surface area contributed by atoms with E-state index >= 15 is 0 Å². The molecule has 50 heavy (non-hydrogen) atoms. The number of nitrogens with one attached hydrogen (secondary N) is 2. The molecule has 0 radical (unpaired) electrons. The Morgan fingerprint density at radius 3 is 2.38 bits per heavy atom. The number of piperidine rings is 1. The summed E-state index contributed by atoms with van der Waals surface area (Å²) in [6.07, 6.45) is 5.34. The molecule has 6 rings (SSSR count). The molecule has 0 spiro atoms. The SMILES string of the molecule is C=CC(=O)Nc1cccc(S(=O)(=O)c2ccc(N3CC(CN4CCC([C@@](C#N)(c5cccc(F)c5)C5CCC[C@@H]5NC(C)=O)CC4)C3)cc2)c1. The highest BCUT2D eigenvalue weighted by Gasteiger charge is 2.52. The molecule has 3 fully saturated rings. The van der Waals surface area contributed by atoms with Crippen LogP contribution in [0.2, 0.25) is 0 Å². The van der Waals surface area contributed by atoms with Crippen LogP contribution in [0.5, 0.6) is 0 Å². The first kappa shape index (κ1) is 35.3. The fraction of sp³-hybridized carbons (Fsp3) is 0.410. The Morgan fingerprint density at radius 1 is 1.00 bits per heavy atom. The number of rotatable bonds is 11. The summed E-state index contributed by atoms with van der Waals surface area (Å²) >= 11 is 0. The Labute approximate surface area is 294 Å². The summed E-state index contributed by atoms with van der Waals surface area (Å²) in [6.45, 7) is 9.30. The molecule has 1 unspecified atom stereocenters. The lowest BCUT2D eigenvalue weighted by atomic mass is 9.59. The minimum atomic E-state index is -3.78. The predicted molar refractivity (Wildman–Crippen MR) is 191 cm³/mol. The van der Waals surface area contributed by atoms with Crippen LogP contribution in [-0.4, -0.2) is 63.9 Å². The number of carbonyl (C=O) groups is 2. The van der Waals surface area contributed by atoms with Crippen LogP contribution in [-0.2, 0) is 24.8 Å². The number of benzene rings is 3. The van der Waals surface area contributed by atoms with Crippen LogP contribution in [0, 0.1) is 34.9 Å². The molecular formula is C39H44FN5O4S. The molecule has 1 saturated carbocycles. The number of hydrogen-bond acceptors (Lipinski definition) is 7. The van der Waals surface area contributed by atoms with Gasteiger partial charge in [-0.1, -0.05) is 31.2 Å². The van der Waals surface area contributed by atoms with Gasteiger partial charge < -0.3 is 20.4 Å². The van der Waals surface area contributed by atoms with Gasteiger partial charge >= 0.3 is 0 Å². The van der Waals surface area contributed by atoms with Crippen LogP contribution in [0.1, 0.15) is 44.6 Å². The van der Waals surface area contributed by atoms with Crippen molar-refractivity contribution in [3.63, 3.8) is 0 Å².